The molecule has 0 fully saturated rings. The molecule has 45 heavy (non-hydrogen) atoms. The van der Waals surface area contributed by atoms with Crippen LogP contribution in [0.2, 0.25) is 0 Å². The molecular weight excluding hydrogens is 667 g/mol. The van der Waals surface area contributed by atoms with Crippen LogP contribution in [-0.4, -0.2) is 3.71 Å². The van der Waals surface area contributed by atoms with Gasteiger partial charge in [0.05, 0.1) is 0 Å². The molecule has 0 nitrogen and oxygen atoms in total. The molecule has 0 amide bonds. The Balaban J connectivity index is 0.000000229. The van der Waals surface area contributed by atoms with E-state index >= 15 is 0 Å². The molecule has 3 heteroatoms. The fourth-order valence-electron chi connectivity index (χ4n) is 7.27. The van der Waals surface area contributed by atoms with Crippen LogP contribution >= 0.6 is 0 Å². The van der Waals surface area contributed by atoms with Crippen molar-refractivity contribution in [3.8, 4) is 11.1 Å². The van der Waals surface area contributed by atoms with E-state index < -0.39 is 0 Å². The summed E-state index contributed by atoms with van der Waals surface area (Å²) in [6.45, 7) is 22.5. The first-order valence-corrected chi connectivity index (χ1v) is 17.1. The molecule has 0 radical (unpaired) electrons. The SMILES string of the molecule is CC1=[C-]C(C)(C)c2cc3c(cc21)-c1cc2c(cc1C3)C(C)(C)C=C2C.Cc1cc(C(C)C)c(C)[cH-]1.[Cl-].[Cl-].[Zr+2]=[CH]c1ccccc1. The van der Waals surface area contributed by atoms with Crippen LogP contribution < -0.4 is 24.8 Å². The molecule has 0 unspecified atom stereocenters. The van der Waals surface area contributed by atoms with Crippen molar-refractivity contribution in [1.82, 2.24) is 0 Å². The van der Waals surface area contributed by atoms with E-state index in [0.29, 0.717) is 5.92 Å². The van der Waals surface area contributed by atoms with Gasteiger partial charge in [-0.1, -0.05) is 91.9 Å². The Labute approximate surface area is 300 Å². The number of fused-ring (bicyclic) bond motifs is 5. The Morgan fingerprint density at radius 1 is 0.778 bits per heavy atom. The Hall–Kier alpha value is -2.18. The first-order valence-electron chi connectivity index (χ1n) is 15.7. The molecule has 4 aromatic carbocycles. The fourth-order valence-corrected chi connectivity index (χ4v) is 7.75. The summed E-state index contributed by atoms with van der Waals surface area (Å²) in [5, 5.41) is 0. The maximum atomic E-state index is 3.65. The minimum absolute atomic E-state index is 0. The van der Waals surface area contributed by atoms with Gasteiger partial charge in [-0.15, -0.1) is 11.6 Å². The molecule has 0 bridgehead atoms. The molecule has 0 saturated heterocycles. The first kappa shape index (κ1) is 37.3. The normalized spacial score (nSPS) is 15.4. The van der Waals surface area contributed by atoms with E-state index in [9.17, 15) is 0 Å². The van der Waals surface area contributed by atoms with E-state index in [0.717, 1.165) is 6.42 Å². The molecule has 0 N–H and O–H groups in total. The summed E-state index contributed by atoms with van der Waals surface area (Å²) in [5.41, 5.74) is 20.2. The van der Waals surface area contributed by atoms with Crippen LogP contribution in [0.3, 0.4) is 0 Å². The van der Waals surface area contributed by atoms with Crippen LogP contribution in [0.1, 0.15) is 117 Å². The second-order valence-electron chi connectivity index (χ2n) is 14.1. The average Bonchev–Trinajstić information content (AvgIpc) is 3.62. The molecule has 0 saturated carbocycles. The molecule has 3 aliphatic rings. The zero-order valence-electron chi connectivity index (χ0n) is 28.5. The van der Waals surface area contributed by atoms with Crippen LogP contribution in [-0.2, 0) is 41.5 Å². The molecule has 0 atom stereocenters. The number of rotatable bonds is 2. The van der Waals surface area contributed by atoms with Crippen LogP contribution in [0.15, 0.2) is 72.8 Å². The van der Waals surface area contributed by atoms with E-state index in [1.165, 1.54) is 102 Å². The molecule has 0 spiro atoms. The van der Waals surface area contributed by atoms with Crippen LogP contribution in [0.25, 0.3) is 22.3 Å². The molecule has 0 aliphatic heterocycles. The van der Waals surface area contributed by atoms with Crippen molar-refractivity contribution in [1.29, 1.82) is 0 Å². The van der Waals surface area contributed by atoms with Crippen molar-refractivity contribution in [2.24, 2.45) is 0 Å². The van der Waals surface area contributed by atoms with E-state index in [1.807, 2.05) is 6.07 Å². The third kappa shape index (κ3) is 7.53. The van der Waals surface area contributed by atoms with Crippen molar-refractivity contribution in [2.45, 2.75) is 92.4 Å². The molecular formula is C42H46Cl2Zr-2. The summed E-state index contributed by atoms with van der Waals surface area (Å²) >= 11 is 1.46. The van der Waals surface area contributed by atoms with Gasteiger partial charge in [0.2, 0.25) is 0 Å². The zero-order valence-corrected chi connectivity index (χ0v) is 32.5. The molecule has 7 rings (SSSR count). The number of hydrogen-bond acceptors (Lipinski definition) is 0. The van der Waals surface area contributed by atoms with Crippen molar-refractivity contribution in [3.05, 3.63) is 135 Å². The Morgan fingerprint density at radius 3 is 1.84 bits per heavy atom. The molecule has 234 valence electrons. The van der Waals surface area contributed by atoms with Gasteiger partial charge >= 0.3 is 63.8 Å². The molecule has 3 aliphatic carbocycles. The molecule has 0 heterocycles. The van der Waals surface area contributed by atoms with Crippen LogP contribution in [0.4, 0.5) is 0 Å². The Bertz CT molecular complexity index is 1680. The van der Waals surface area contributed by atoms with Crippen molar-refractivity contribution < 1.29 is 49.0 Å². The third-order valence-corrected chi connectivity index (χ3v) is 10.1. The van der Waals surface area contributed by atoms with Crippen LogP contribution in [0.5, 0.6) is 0 Å². The molecule has 0 aromatic heterocycles. The minimum atomic E-state index is 0. The van der Waals surface area contributed by atoms with E-state index in [-0.39, 0.29) is 35.6 Å². The van der Waals surface area contributed by atoms with E-state index in [2.05, 4.69) is 146 Å². The number of benzene rings is 3. The number of aryl methyl sites for hydroxylation is 2. The maximum absolute atomic E-state index is 3.65. The van der Waals surface area contributed by atoms with Gasteiger partial charge in [0.25, 0.3) is 0 Å². The van der Waals surface area contributed by atoms with Gasteiger partial charge in [0.15, 0.2) is 0 Å². The number of allylic oxidation sites excluding steroid dienone is 4. The third-order valence-electron chi connectivity index (χ3n) is 9.30. The van der Waals surface area contributed by atoms with E-state index in [1.54, 1.807) is 0 Å². The van der Waals surface area contributed by atoms with Gasteiger partial charge in [-0.05, 0) is 58.4 Å². The van der Waals surface area contributed by atoms with E-state index in [4.69, 9.17) is 0 Å². The second-order valence-corrected chi connectivity index (χ2v) is 14.8. The van der Waals surface area contributed by atoms with Crippen molar-refractivity contribution in [3.63, 3.8) is 0 Å². The summed E-state index contributed by atoms with van der Waals surface area (Å²) < 4.78 is 2.17. The van der Waals surface area contributed by atoms with Gasteiger partial charge in [-0.3, -0.25) is 6.08 Å². The summed E-state index contributed by atoms with van der Waals surface area (Å²) in [5.74, 6) is 0.675. The van der Waals surface area contributed by atoms with Crippen LogP contribution in [0, 0.1) is 19.9 Å². The van der Waals surface area contributed by atoms with Gasteiger partial charge in [0.1, 0.15) is 0 Å². The summed E-state index contributed by atoms with van der Waals surface area (Å²) in [6, 6.07) is 24.7. The monoisotopic (exact) mass is 710 g/mol. The number of hydrogen-bond donors (Lipinski definition) is 0. The quantitative estimate of drug-likeness (QED) is 0.227. The summed E-state index contributed by atoms with van der Waals surface area (Å²) in [7, 11) is 0. The molecule has 4 aromatic rings. The average molecular weight is 713 g/mol. The summed E-state index contributed by atoms with van der Waals surface area (Å²) in [4.78, 5) is 0. The van der Waals surface area contributed by atoms with Gasteiger partial charge in [0, 0.05) is 5.41 Å². The van der Waals surface area contributed by atoms with Gasteiger partial charge < -0.3 is 24.8 Å². The Kier molecular flexibility index (Phi) is 11.8. The number of halogens is 2. The van der Waals surface area contributed by atoms with Crippen molar-refractivity contribution in [2.75, 3.05) is 0 Å². The Morgan fingerprint density at radius 2 is 1.36 bits per heavy atom. The van der Waals surface area contributed by atoms with Crippen molar-refractivity contribution >= 4 is 14.9 Å². The predicted octanol–water partition coefficient (Wildman–Crippen LogP) is 4.99. The van der Waals surface area contributed by atoms with Gasteiger partial charge in [-0.25, -0.2) is 11.6 Å². The fraction of sp³-hybridized carbons (Fsp3) is 0.333. The predicted molar refractivity (Wildman–Crippen MR) is 184 cm³/mol. The topological polar surface area (TPSA) is 0 Å². The van der Waals surface area contributed by atoms with Gasteiger partial charge in [-0.2, -0.15) is 28.3 Å². The zero-order chi connectivity index (χ0) is 31.3. The standard InChI is InChI=1S/C25H25.C10H15.C7H6.2ClH.Zr/c1-14-12-24(3,4)22-8-16-7-17-9-23-19(15(2)13-25(23,5)6)11-21(17)20(16)10-18(14)22;1-7(2)10-6-8(3)5-9(10)4;1-7-5-3-2-4-6-7;;;/h8-12H,7H2,1-6H3;5-7H,1-4H3;1-6H;2*1H;/q2*-1;;;;+2/p-2. The summed E-state index contributed by atoms with van der Waals surface area (Å²) in [6.07, 6.45) is 7.13. The second kappa shape index (κ2) is 14.3. The first-order chi connectivity index (χ1) is 20.2.